The number of anilines is 1. The van der Waals surface area contributed by atoms with Gasteiger partial charge in [0.05, 0.1) is 16.7 Å². The molecule has 0 spiro atoms. The second kappa shape index (κ2) is 8.22. The lowest BCUT2D eigenvalue weighted by molar-refractivity contribution is -0.113. The minimum atomic E-state index is -0.159. The molecule has 0 bridgehead atoms. The highest BCUT2D eigenvalue weighted by Gasteiger charge is 2.17. The van der Waals surface area contributed by atoms with E-state index in [1.54, 1.807) is 16.5 Å². The highest BCUT2D eigenvalue weighted by Crippen LogP contribution is 2.22. The minimum Gasteiger partial charge on any atom is -0.325 e. The van der Waals surface area contributed by atoms with E-state index in [0.717, 1.165) is 4.47 Å². The summed E-state index contributed by atoms with van der Waals surface area (Å²) in [4.78, 5) is 25.2. The Balaban J connectivity index is 1.67. The lowest BCUT2D eigenvalue weighted by Crippen LogP contribution is -2.22. The van der Waals surface area contributed by atoms with Crippen LogP contribution in [-0.4, -0.2) is 30.8 Å². The number of benzene rings is 2. The monoisotopic (exact) mass is 469 g/mol. The van der Waals surface area contributed by atoms with Crippen LogP contribution < -0.4 is 10.9 Å². The number of fused-ring (bicyclic) bond motifs is 3. The number of halogens is 1. The number of hydrogen-bond donors (Lipinski definition) is 1. The molecule has 7 nitrogen and oxygen atoms in total. The maximum absolute atomic E-state index is 12.8. The van der Waals surface area contributed by atoms with Crippen LogP contribution in [0.1, 0.15) is 0 Å². The van der Waals surface area contributed by atoms with E-state index >= 15 is 0 Å². The van der Waals surface area contributed by atoms with Crippen molar-refractivity contribution in [1.29, 1.82) is 0 Å². The molecule has 1 amide bonds. The lowest BCUT2D eigenvalue weighted by Gasteiger charge is -2.09. The second-order valence-corrected chi connectivity index (χ2v) is 8.04. The van der Waals surface area contributed by atoms with Crippen LogP contribution >= 0.6 is 27.7 Å². The third-order valence-corrected chi connectivity index (χ3v) is 5.65. The summed E-state index contributed by atoms with van der Waals surface area (Å²) in [6, 6.07) is 14.7. The molecule has 0 atom stereocenters. The molecule has 0 saturated carbocycles. The minimum absolute atomic E-state index is 0.149. The number of para-hydroxylation sites is 1. The molecule has 2 aromatic carbocycles. The number of thioether (sulfide) groups is 1. The molecule has 0 aliphatic carbocycles. The Bertz CT molecular complexity index is 1300. The SMILES string of the molecule is C=CCn1c(=O)c2ccccc2n2c(SCC(=O)Nc3cccc(Br)c3)nnc12. The fourth-order valence-electron chi connectivity index (χ4n) is 3.01. The molecule has 4 aromatic rings. The van der Waals surface area contributed by atoms with E-state index in [4.69, 9.17) is 0 Å². The van der Waals surface area contributed by atoms with Crippen molar-refractivity contribution in [3.63, 3.8) is 0 Å². The van der Waals surface area contributed by atoms with Gasteiger partial charge in [-0.2, -0.15) is 0 Å². The van der Waals surface area contributed by atoms with Crippen molar-refractivity contribution in [3.8, 4) is 0 Å². The van der Waals surface area contributed by atoms with Crippen LogP contribution in [0.5, 0.6) is 0 Å². The third kappa shape index (κ3) is 3.83. The van der Waals surface area contributed by atoms with Gasteiger partial charge in [0, 0.05) is 16.7 Å². The van der Waals surface area contributed by atoms with Gasteiger partial charge in [0.25, 0.3) is 5.56 Å². The van der Waals surface area contributed by atoms with Gasteiger partial charge in [-0.1, -0.05) is 52.0 Å². The molecule has 0 radical (unpaired) electrons. The zero-order valence-corrected chi connectivity index (χ0v) is 17.6. The fraction of sp³-hybridized carbons (Fsp3) is 0.100. The van der Waals surface area contributed by atoms with Crippen LogP contribution in [-0.2, 0) is 11.3 Å². The Hall–Kier alpha value is -2.91. The van der Waals surface area contributed by atoms with Gasteiger partial charge in [-0.25, -0.2) is 0 Å². The van der Waals surface area contributed by atoms with Gasteiger partial charge >= 0.3 is 0 Å². The quantitative estimate of drug-likeness (QED) is 0.343. The maximum atomic E-state index is 12.8. The first-order valence-corrected chi connectivity index (χ1v) is 10.5. The zero-order chi connectivity index (χ0) is 20.4. The normalized spacial score (nSPS) is 11.1. The Morgan fingerprint density at radius 2 is 2.03 bits per heavy atom. The van der Waals surface area contributed by atoms with Crippen molar-refractivity contribution in [2.24, 2.45) is 0 Å². The molecule has 0 fully saturated rings. The van der Waals surface area contributed by atoms with Crippen LogP contribution in [0.25, 0.3) is 16.7 Å². The Kier molecular flexibility index (Phi) is 5.50. The number of aromatic nitrogens is 4. The summed E-state index contributed by atoms with van der Waals surface area (Å²) in [6.45, 7) is 4.04. The van der Waals surface area contributed by atoms with Crippen molar-refractivity contribution < 1.29 is 4.79 Å². The molecular formula is C20H16BrN5O2S. The maximum Gasteiger partial charge on any atom is 0.263 e. The summed E-state index contributed by atoms with van der Waals surface area (Å²) in [5.74, 6) is 0.416. The van der Waals surface area contributed by atoms with E-state index in [1.807, 2.05) is 42.5 Å². The van der Waals surface area contributed by atoms with Gasteiger partial charge in [-0.3, -0.25) is 18.6 Å². The summed E-state index contributed by atoms with van der Waals surface area (Å²) in [5, 5.41) is 12.4. The number of carbonyl (C=O) groups excluding carboxylic acids is 1. The molecule has 29 heavy (non-hydrogen) atoms. The van der Waals surface area contributed by atoms with Crippen LogP contribution in [0.4, 0.5) is 5.69 Å². The summed E-state index contributed by atoms with van der Waals surface area (Å²) in [5.41, 5.74) is 1.26. The number of nitrogens with one attached hydrogen (secondary N) is 1. The van der Waals surface area contributed by atoms with Crippen molar-refractivity contribution in [1.82, 2.24) is 19.2 Å². The van der Waals surface area contributed by atoms with Gasteiger partial charge in [0.1, 0.15) is 0 Å². The summed E-state index contributed by atoms with van der Waals surface area (Å²) >= 11 is 4.64. The topological polar surface area (TPSA) is 81.3 Å². The highest BCUT2D eigenvalue weighted by atomic mass is 79.9. The molecule has 146 valence electrons. The number of rotatable bonds is 6. The largest absolute Gasteiger partial charge is 0.325 e. The summed E-state index contributed by atoms with van der Waals surface area (Å²) in [7, 11) is 0. The van der Waals surface area contributed by atoms with E-state index in [1.165, 1.54) is 16.3 Å². The van der Waals surface area contributed by atoms with Gasteiger partial charge < -0.3 is 5.32 Å². The molecule has 0 unspecified atom stereocenters. The average Bonchev–Trinajstić information content (AvgIpc) is 3.13. The van der Waals surface area contributed by atoms with E-state index in [0.29, 0.717) is 34.1 Å². The first-order chi connectivity index (χ1) is 14.1. The fourth-order valence-corrected chi connectivity index (χ4v) is 4.15. The van der Waals surface area contributed by atoms with Crippen LogP contribution in [0.3, 0.4) is 0 Å². The Morgan fingerprint density at radius 1 is 1.21 bits per heavy atom. The first kappa shape index (κ1) is 19.4. The van der Waals surface area contributed by atoms with Gasteiger partial charge in [-0.05, 0) is 30.3 Å². The summed E-state index contributed by atoms with van der Waals surface area (Å²) < 4.78 is 4.21. The van der Waals surface area contributed by atoms with Gasteiger partial charge in [0.2, 0.25) is 11.7 Å². The zero-order valence-electron chi connectivity index (χ0n) is 15.2. The van der Waals surface area contributed by atoms with Crippen LogP contribution in [0.2, 0.25) is 0 Å². The summed E-state index contributed by atoms with van der Waals surface area (Å²) in [6.07, 6.45) is 1.64. The molecule has 2 aromatic heterocycles. The van der Waals surface area contributed by atoms with Crippen molar-refractivity contribution >= 4 is 56.0 Å². The lowest BCUT2D eigenvalue weighted by atomic mass is 10.2. The van der Waals surface area contributed by atoms with Crippen molar-refractivity contribution in [2.75, 3.05) is 11.1 Å². The van der Waals surface area contributed by atoms with Gasteiger partial charge in [-0.15, -0.1) is 16.8 Å². The molecular weight excluding hydrogens is 454 g/mol. The number of amides is 1. The van der Waals surface area contributed by atoms with Crippen LogP contribution in [0.15, 0.2) is 75.6 Å². The highest BCUT2D eigenvalue weighted by molar-refractivity contribution is 9.10. The Morgan fingerprint density at radius 3 is 2.83 bits per heavy atom. The first-order valence-electron chi connectivity index (χ1n) is 8.74. The third-order valence-electron chi connectivity index (χ3n) is 4.23. The predicted octanol–water partition coefficient (Wildman–Crippen LogP) is 3.72. The molecule has 0 saturated heterocycles. The predicted molar refractivity (Wildman–Crippen MR) is 118 cm³/mol. The average molecular weight is 470 g/mol. The number of allylic oxidation sites excluding steroid dienone is 1. The van der Waals surface area contributed by atoms with Gasteiger partial charge in [0.15, 0.2) is 5.16 Å². The smallest absolute Gasteiger partial charge is 0.263 e. The van der Waals surface area contributed by atoms with Crippen molar-refractivity contribution in [2.45, 2.75) is 11.7 Å². The Labute approximate surface area is 178 Å². The van der Waals surface area contributed by atoms with Crippen LogP contribution in [0, 0.1) is 0 Å². The van der Waals surface area contributed by atoms with E-state index in [-0.39, 0.29) is 17.2 Å². The number of carbonyl (C=O) groups is 1. The standard InChI is InChI=1S/C20H16BrN5O2S/c1-2-10-25-18(28)15-8-3-4-9-16(15)26-19(25)23-24-20(26)29-12-17(27)22-14-7-5-6-13(21)11-14/h2-9,11H,1,10,12H2,(H,22,27). The molecule has 2 heterocycles. The van der Waals surface area contributed by atoms with Crippen molar-refractivity contribution in [3.05, 3.63) is 76.0 Å². The van der Waals surface area contributed by atoms with E-state index in [2.05, 4.69) is 38.0 Å². The molecule has 4 rings (SSSR count). The second-order valence-electron chi connectivity index (χ2n) is 6.19. The molecule has 1 N–H and O–H groups in total. The number of nitrogens with zero attached hydrogens (tertiary/aromatic N) is 4. The molecule has 0 aliphatic heterocycles. The molecule has 9 heteroatoms. The number of hydrogen-bond acceptors (Lipinski definition) is 5. The van der Waals surface area contributed by atoms with E-state index in [9.17, 15) is 9.59 Å². The molecule has 0 aliphatic rings. The van der Waals surface area contributed by atoms with E-state index < -0.39 is 0 Å².